The van der Waals surface area contributed by atoms with E-state index in [-0.39, 0.29) is 0 Å². The molecular weight excluding hydrogens is 220 g/mol. The summed E-state index contributed by atoms with van der Waals surface area (Å²) < 4.78 is 0. The number of hydrogen-bond acceptors (Lipinski definition) is 1. The lowest BCUT2D eigenvalue weighted by atomic mass is 9.87. The monoisotopic (exact) mass is 244 g/mol. The minimum atomic E-state index is 0.484. The van der Waals surface area contributed by atoms with Gasteiger partial charge < -0.3 is 0 Å². The Hall–Kier alpha value is -1.11. The molecule has 1 aromatic rings. The molecule has 0 aromatic heterocycles. The van der Waals surface area contributed by atoms with Crippen LogP contribution in [0.1, 0.15) is 56.9 Å². The van der Waals surface area contributed by atoms with E-state index in [0.717, 1.165) is 31.6 Å². The Kier molecular flexibility index (Phi) is 5.44. The number of hydrogen-bond donors (Lipinski definition) is 0. The topological polar surface area (TPSA) is 17.1 Å². The molecular formula is C17H24O. The molecule has 1 aromatic carbocycles. The Balaban J connectivity index is 1.68. The van der Waals surface area contributed by atoms with Crippen LogP contribution in [0, 0.1) is 5.92 Å². The first-order valence-electron chi connectivity index (χ1n) is 7.40. The van der Waals surface area contributed by atoms with Gasteiger partial charge in [0.25, 0.3) is 0 Å². The molecule has 0 N–H and O–H groups in total. The summed E-state index contributed by atoms with van der Waals surface area (Å²) in [7, 11) is 0. The highest BCUT2D eigenvalue weighted by molar-refractivity contribution is 5.78. The molecule has 1 nitrogen and oxygen atoms in total. The van der Waals surface area contributed by atoms with Crippen molar-refractivity contribution in [3.63, 3.8) is 0 Å². The van der Waals surface area contributed by atoms with Crippen molar-refractivity contribution in [3.05, 3.63) is 35.9 Å². The van der Waals surface area contributed by atoms with Crippen molar-refractivity contribution in [2.45, 2.75) is 57.8 Å². The fourth-order valence-corrected chi connectivity index (χ4v) is 2.97. The van der Waals surface area contributed by atoms with Gasteiger partial charge in [0.15, 0.2) is 0 Å². The highest BCUT2D eigenvalue weighted by Gasteiger charge is 2.14. The third-order valence-corrected chi connectivity index (χ3v) is 4.06. The zero-order valence-corrected chi connectivity index (χ0v) is 11.2. The van der Waals surface area contributed by atoms with Crippen LogP contribution in [0.15, 0.2) is 30.3 Å². The van der Waals surface area contributed by atoms with Crippen LogP contribution in [0.25, 0.3) is 0 Å². The number of Topliss-reactive ketones (excluding diaryl/α,β-unsaturated/α-hetero) is 1. The number of benzene rings is 1. The minimum Gasteiger partial charge on any atom is -0.300 e. The van der Waals surface area contributed by atoms with E-state index < -0.39 is 0 Å². The largest absolute Gasteiger partial charge is 0.300 e. The third-order valence-electron chi connectivity index (χ3n) is 4.06. The van der Waals surface area contributed by atoms with E-state index in [1.807, 2.05) is 0 Å². The van der Waals surface area contributed by atoms with Gasteiger partial charge in [-0.15, -0.1) is 0 Å². The Morgan fingerprint density at radius 3 is 2.33 bits per heavy atom. The van der Waals surface area contributed by atoms with Crippen molar-refractivity contribution in [2.24, 2.45) is 5.92 Å². The standard InChI is InChI=1S/C17H24O/c18-17-13-5-11-16(12-6-14-17)10-4-9-15-7-2-1-3-8-15/h1-3,7-8,16H,4-6,9-14H2. The molecule has 0 amide bonds. The maximum Gasteiger partial charge on any atom is 0.132 e. The van der Waals surface area contributed by atoms with Crippen LogP contribution in [-0.2, 0) is 11.2 Å². The van der Waals surface area contributed by atoms with Crippen molar-refractivity contribution >= 4 is 5.78 Å². The maximum absolute atomic E-state index is 11.3. The molecule has 0 heterocycles. The lowest BCUT2D eigenvalue weighted by molar-refractivity contribution is -0.119. The zero-order valence-electron chi connectivity index (χ0n) is 11.2. The first-order valence-corrected chi connectivity index (χ1v) is 7.40. The van der Waals surface area contributed by atoms with Crippen molar-refractivity contribution in [2.75, 3.05) is 0 Å². The average molecular weight is 244 g/mol. The van der Waals surface area contributed by atoms with Gasteiger partial charge in [-0.1, -0.05) is 49.6 Å². The van der Waals surface area contributed by atoms with Crippen LogP contribution < -0.4 is 0 Å². The molecule has 2 rings (SSSR count). The molecule has 18 heavy (non-hydrogen) atoms. The highest BCUT2D eigenvalue weighted by Crippen LogP contribution is 2.25. The van der Waals surface area contributed by atoms with Crippen LogP contribution >= 0.6 is 0 Å². The van der Waals surface area contributed by atoms with Crippen LogP contribution in [-0.4, -0.2) is 5.78 Å². The summed E-state index contributed by atoms with van der Waals surface area (Å²) in [5.41, 5.74) is 1.46. The molecule has 98 valence electrons. The molecule has 0 saturated heterocycles. The molecule has 0 unspecified atom stereocenters. The smallest absolute Gasteiger partial charge is 0.132 e. The summed E-state index contributed by atoms with van der Waals surface area (Å²) in [6.07, 6.45) is 10.3. The van der Waals surface area contributed by atoms with Gasteiger partial charge in [-0.05, 0) is 37.2 Å². The number of carbonyl (C=O) groups excluding carboxylic acids is 1. The van der Waals surface area contributed by atoms with E-state index in [2.05, 4.69) is 30.3 Å². The van der Waals surface area contributed by atoms with E-state index in [1.165, 1.54) is 37.7 Å². The number of carbonyl (C=O) groups is 1. The first-order chi connectivity index (χ1) is 8.84. The van der Waals surface area contributed by atoms with Crippen molar-refractivity contribution in [3.8, 4) is 0 Å². The molecule has 1 aliphatic rings. The molecule has 0 atom stereocenters. The van der Waals surface area contributed by atoms with Gasteiger partial charge in [0, 0.05) is 12.8 Å². The Bertz CT molecular complexity index is 343. The van der Waals surface area contributed by atoms with Crippen LogP contribution in [0.2, 0.25) is 0 Å². The van der Waals surface area contributed by atoms with Crippen molar-refractivity contribution < 1.29 is 4.79 Å². The van der Waals surface area contributed by atoms with Gasteiger partial charge in [-0.2, -0.15) is 0 Å². The van der Waals surface area contributed by atoms with Crippen LogP contribution in [0.5, 0.6) is 0 Å². The summed E-state index contributed by atoms with van der Waals surface area (Å²) >= 11 is 0. The molecule has 0 radical (unpaired) electrons. The lowest BCUT2D eigenvalue weighted by Gasteiger charge is -2.19. The predicted molar refractivity (Wildman–Crippen MR) is 75.6 cm³/mol. The summed E-state index contributed by atoms with van der Waals surface area (Å²) in [4.78, 5) is 11.3. The lowest BCUT2D eigenvalue weighted by Crippen LogP contribution is -2.09. The fraction of sp³-hybridized carbons (Fsp3) is 0.588. The van der Waals surface area contributed by atoms with Gasteiger partial charge in [0.1, 0.15) is 5.78 Å². The normalized spacial score (nSPS) is 18.3. The zero-order chi connectivity index (χ0) is 12.6. The predicted octanol–water partition coefficient (Wildman–Crippen LogP) is 4.55. The number of aryl methyl sites for hydroxylation is 1. The molecule has 1 aliphatic carbocycles. The third kappa shape index (κ3) is 4.64. The summed E-state index contributed by atoms with van der Waals surface area (Å²) in [6.45, 7) is 0. The summed E-state index contributed by atoms with van der Waals surface area (Å²) in [5, 5.41) is 0. The van der Waals surface area contributed by atoms with Gasteiger partial charge in [0.2, 0.25) is 0 Å². The maximum atomic E-state index is 11.3. The second-order valence-corrected chi connectivity index (χ2v) is 5.57. The van der Waals surface area contributed by atoms with Crippen molar-refractivity contribution in [1.82, 2.24) is 0 Å². The molecule has 0 aliphatic heterocycles. The number of ketones is 1. The number of rotatable bonds is 4. The summed E-state index contributed by atoms with van der Waals surface area (Å²) in [6, 6.07) is 10.8. The van der Waals surface area contributed by atoms with E-state index in [1.54, 1.807) is 0 Å². The van der Waals surface area contributed by atoms with Crippen molar-refractivity contribution in [1.29, 1.82) is 0 Å². The Labute approximate surface area is 111 Å². The second-order valence-electron chi connectivity index (χ2n) is 5.57. The first kappa shape index (κ1) is 13.3. The van der Waals surface area contributed by atoms with Gasteiger partial charge in [-0.3, -0.25) is 4.79 Å². The van der Waals surface area contributed by atoms with E-state index in [0.29, 0.717) is 5.78 Å². The molecule has 1 saturated carbocycles. The molecule has 0 spiro atoms. The Morgan fingerprint density at radius 2 is 1.67 bits per heavy atom. The van der Waals surface area contributed by atoms with E-state index in [4.69, 9.17) is 0 Å². The average Bonchev–Trinajstić information content (AvgIpc) is 2.37. The van der Waals surface area contributed by atoms with Crippen LogP contribution in [0.4, 0.5) is 0 Å². The molecule has 0 bridgehead atoms. The highest BCUT2D eigenvalue weighted by atomic mass is 16.1. The van der Waals surface area contributed by atoms with Crippen LogP contribution in [0.3, 0.4) is 0 Å². The quantitative estimate of drug-likeness (QED) is 0.759. The van der Waals surface area contributed by atoms with E-state index >= 15 is 0 Å². The van der Waals surface area contributed by atoms with E-state index in [9.17, 15) is 4.79 Å². The van der Waals surface area contributed by atoms with Gasteiger partial charge >= 0.3 is 0 Å². The van der Waals surface area contributed by atoms with Gasteiger partial charge in [-0.25, -0.2) is 0 Å². The SMILES string of the molecule is O=C1CCCC(CCCc2ccccc2)CCC1. The minimum absolute atomic E-state index is 0.484. The fourth-order valence-electron chi connectivity index (χ4n) is 2.97. The molecule has 1 fully saturated rings. The molecule has 1 heteroatoms. The summed E-state index contributed by atoms with van der Waals surface area (Å²) in [5.74, 6) is 1.35. The Morgan fingerprint density at radius 1 is 1.00 bits per heavy atom. The van der Waals surface area contributed by atoms with Gasteiger partial charge in [0.05, 0.1) is 0 Å². The second kappa shape index (κ2) is 7.35.